The van der Waals surface area contributed by atoms with Crippen molar-refractivity contribution in [2.24, 2.45) is 0 Å². The molecule has 2 aromatic carbocycles. The molecule has 164 valence electrons. The smallest absolute Gasteiger partial charge is 0.269 e. The van der Waals surface area contributed by atoms with Gasteiger partial charge in [0.15, 0.2) is 0 Å². The normalized spacial score (nSPS) is 10.8. The molecule has 2 aromatic heterocycles. The minimum Gasteiger partial charge on any atom is -0.489 e. The number of hydrogen-bond acceptors (Lipinski definition) is 7. The highest BCUT2D eigenvalue weighted by Crippen LogP contribution is 2.18. The molecule has 1 amide bonds. The molecule has 2 N–H and O–H groups in total. The monoisotopic (exact) mass is 433 g/mol. The molecule has 4 rings (SSSR count). The van der Waals surface area contributed by atoms with E-state index in [9.17, 15) is 9.59 Å². The average Bonchev–Trinajstić information content (AvgIpc) is 3.13. The highest BCUT2D eigenvalue weighted by Gasteiger charge is 2.12. The maximum Gasteiger partial charge on any atom is 0.269 e. The Morgan fingerprint density at radius 1 is 1.12 bits per heavy atom. The first-order valence-corrected chi connectivity index (χ1v) is 10.2. The summed E-state index contributed by atoms with van der Waals surface area (Å²) in [5.74, 6) is 1.24. The van der Waals surface area contributed by atoms with E-state index >= 15 is 0 Å². The lowest BCUT2D eigenvalue weighted by molar-refractivity contribution is 0.0962. The van der Waals surface area contributed by atoms with Gasteiger partial charge in [-0.2, -0.15) is 0 Å². The number of amides is 1. The van der Waals surface area contributed by atoms with Crippen LogP contribution in [-0.2, 0) is 13.2 Å². The fraction of sp³-hybridized carbons (Fsp3) is 0.217. The number of hydrogen-bond donors (Lipinski definition) is 2. The van der Waals surface area contributed by atoms with Crippen molar-refractivity contribution in [2.75, 3.05) is 5.43 Å². The predicted molar refractivity (Wildman–Crippen MR) is 120 cm³/mol. The van der Waals surface area contributed by atoms with E-state index < -0.39 is 0 Å². The van der Waals surface area contributed by atoms with Crippen LogP contribution in [0, 0.1) is 13.8 Å². The molecule has 0 aliphatic carbocycles. The number of carbonyl (C=O) groups excluding carboxylic acids is 1. The van der Waals surface area contributed by atoms with Gasteiger partial charge >= 0.3 is 0 Å². The van der Waals surface area contributed by atoms with Gasteiger partial charge in [0.25, 0.3) is 11.5 Å². The Labute approximate surface area is 184 Å². The summed E-state index contributed by atoms with van der Waals surface area (Å²) in [6.45, 7) is 6.27. The molecule has 2 heterocycles. The number of benzene rings is 2. The lowest BCUT2D eigenvalue weighted by atomic mass is 10.2. The van der Waals surface area contributed by atoms with Crippen LogP contribution in [0.3, 0.4) is 0 Å². The Morgan fingerprint density at radius 3 is 2.56 bits per heavy atom. The van der Waals surface area contributed by atoms with E-state index in [2.05, 4.69) is 21.0 Å². The molecule has 0 atom stereocenters. The van der Waals surface area contributed by atoms with Crippen molar-refractivity contribution < 1.29 is 14.1 Å². The number of carbonyl (C=O) groups is 1. The first-order valence-electron chi connectivity index (χ1n) is 10.2. The van der Waals surface area contributed by atoms with E-state index in [1.54, 1.807) is 42.5 Å². The van der Waals surface area contributed by atoms with Gasteiger partial charge in [0.2, 0.25) is 5.95 Å². The van der Waals surface area contributed by atoms with Crippen LogP contribution in [0.25, 0.3) is 10.9 Å². The van der Waals surface area contributed by atoms with E-state index in [4.69, 9.17) is 9.26 Å². The summed E-state index contributed by atoms with van der Waals surface area (Å²) < 4.78 is 12.4. The number of ether oxygens (including phenoxy) is 1. The topological polar surface area (TPSA) is 111 Å². The summed E-state index contributed by atoms with van der Waals surface area (Å²) in [4.78, 5) is 29.7. The summed E-state index contributed by atoms with van der Waals surface area (Å²) in [6, 6.07) is 13.8. The largest absolute Gasteiger partial charge is 0.489 e. The van der Waals surface area contributed by atoms with Gasteiger partial charge in [-0.3, -0.25) is 25.0 Å². The molecule has 0 unspecified atom stereocenters. The standard InChI is InChI=1S/C23H23N5O4/c1-4-28-22(30)18-7-5-6-8-20(18)24-23(28)26-25-21(29)16-9-11-17(12-10-16)31-13-19-14(2)27-32-15(19)3/h5-12H,4,13H2,1-3H3,(H,24,26)(H,25,29). The molecular weight excluding hydrogens is 410 g/mol. The second-order valence-corrected chi connectivity index (χ2v) is 7.20. The summed E-state index contributed by atoms with van der Waals surface area (Å²) >= 11 is 0. The summed E-state index contributed by atoms with van der Waals surface area (Å²) in [6.07, 6.45) is 0. The number of rotatable bonds is 7. The summed E-state index contributed by atoms with van der Waals surface area (Å²) in [5.41, 5.74) is 7.87. The zero-order valence-electron chi connectivity index (χ0n) is 18.0. The van der Waals surface area contributed by atoms with Gasteiger partial charge in [-0.1, -0.05) is 17.3 Å². The van der Waals surface area contributed by atoms with Crippen molar-refractivity contribution in [1.82, 2.24) is 20.1 Å². The Morgan fingerprint density at radius 2 is 1.88 bits per heavy atom. The molecule has 0 spiro atoms. The molecule has 0 saturated heterocycles. The van der Waals surface area contributed by atoms with Gasteiger partial charge in [0.1, 0.15) is 18.1 Å². The number of hydrazine groups is 1. The molecule has 0 fully saturated rings. The first-order chi connectivity index (χ1) is 15.5. The van der Waals surface area contributed by atoms with E-state index in [1.807, 2.05) is 26.8 Å². The highest BCUT2D eigenvalue weighted by molar-refractivity contribution is 5.94. The van der Waals surface area contributed by atoms with Crippen LogP contribution in [0.4, 0.5) is 5.95 Å². The number of para-hydroxylation sites is 1. The van der Waals surface area contributed by atoms with Crippen molar-refractivity contribution in [3.8, 4) is 5.75 Å². The number of nitrogens with zero attached hydrogens (tertiary/aromatic N) is 3. The molecule has 4 aromatic rings. The Bertz CT molecular complexity index is 1310. The first kappa shape index (κ1) is 21.1. The molecule has 32 heavy (non-hydrogen) atoms. The molecule has 0 radical (unpaired) electrons. The molecule has 0 aliphatic rings. The predicted octanol–water partition coefficient (Wildman–Crippen LogP) is 3.36. The molecule has 0 saturated carbocycles. The molecule has 0 aliphatic heterocycles. The third-order valence-corrected chi connectivity index (χ3v) is 5.15. The Balaban J connectivity index is 1.43. The fourth-order valence-corrected chi connectivity index (χ4v) is 3.31. The van der Waals surface area contributed by atoms with Crippen molar-refractivity contribution >= 4 is 22.8 Å². The number of anilines is 1. The minimum absolute atomic E-state index is 0.172. The number of aromatic nitrogens is 3. The zero-order chi connectivity index (χ0) is 22.7. The van der Waals surface area contributed by atoms with Crippen LogP contribution in [0.5, 0.6) is 5.75 Å². The summed E-state index contributed by atoms with van der Waals surface area (Å²) in [5, 5.41) is 4.43. The van der Waals surface area contributed by atoms with Gasteiger partial charge in [-0.05, 0) is 57.2 Å². The van der Waals surface area contributed by atoms with Crippen molar-refractivity contribution in [3.63, 3.8) is 0 Å². The third-order valence-electron chi connectivity index (χ3n) is 5.15. The van der Waals surface area contributed by atoms with Gasteiger partial charge in [-0.25, -0.2) is 4.98 Å². The van der Waals surface area contributed by atoms with E-state index in [0.717, 1.165) is 17.0 Å². The number of fused-ring (bicyclic) bond motifs is 1. The Kier molecular flexibility index (Phi) is 5.89. The van der Waals surface area contributed by atoms with E-state index in [-0.39, 0.29) is 17.4 Å². The van der Waals surface area contributed by atoms with Crippen LogP contribution < -0.4 is 21.1 Å². The zero-order valence-corrected chi connectivity index (χ0v) is 18.0. The second-order valence-electron chi connectivity index (χ2n) is 7.20. The molecule has 0 bridgehead atoms. The van der Waals surface area contributed by atoms with Crippen LogP contribution in [0.15, 0.2) is 57.8 Å². The quantitative estimate of drug-likeness (QED) is 0.430. The van der Waals surface area contributed by atoms with E-state index in [1.165, 1.54) is 4.57 Å². The van der Waals surface area contributed by atoms with Crippen molar-refractivity contribution in [2.45, 2.75) is 33.9 Å². The molecular formula is C23H23N5O4. The molecule has 9 nitrogen and oxygen atoms in total. The van der Waals surface area contributed by atoms with Crippen LogP contribution in [0.2, 0.25) is 0 Å². The number of aryl methyl sites for hydroxylation is 2. The average molecular weight is 433 g/mol. The van der Waals surface area contributed by atoms with Gasteiger partial charge < -0.3 is 9.26 Å². The maximum atomic E-state index is 12.7. The van der Waals surface area contributed by atoms with E-state index in [0.29, 0.717) is 35.4 Å². The minimum atomic E-state index is -0.368. The van der Waals surface area contributed by atoms with Crippen LogP contribution >= 0.6 is 0 Å². The van der Waals surface area contributed by atoms with Crippen LogP contribution in [-0.4, -0.2) is 20.6 Å². The highest BCUT2D eigenvalue weighted by atomic mass is 16.5. The van der Waals surface area contributed by atoms with Crippen molar-refractivity contribution in [1.29, 1.82) is 0 Å². The fourth-order valence-electron chi connectivity index (χ4n) is 3.31. The number of nitrogens with one attached hydrogen (secondary N) is 2. The van der Waals surface area contributed by atoms with Gasteiger partial charge in [0.05, 0.1) is 22.2 Å². The van der Waals surface area contributed by atoms with Crippen molar-refractivity contribution in [3.05, 3.63) is 81.5 Å². The third kappa shape index (κ3) is 4.18. The maximum absolute atomic E-state index is 12.7. The van der Waals surface area contributed by atoms with Crippen LogP contribution in [0.1, 0.15) is 34.3 Å². The summed E-state index contributed by atoms with van der Waals surface area (Å²) in [7, 11) is 0. The lowest BCUT2D eigenvalue weighted by Crippen LogP contribution is -2.34. The molecule has 9 heteroatoms. The lowest BCUT2D eigenvalue weighted by Gasteiger charge is -2.14. The second kappa shape index (κ2) is 8.93. The Hall–Kier alpha value is -4.14. The van der Waals surface area contributed by atoms with Gasteiger partial charge in [0, 0.05) is 12.1 Å². The van der Waals surface area contributed by atoms with Gasteiger partial charge in [-0.15, -0.1) is 0 Å². The SMILES string of the molecule is CCn1c(NNC(=O)c2ccc(OCc3c(C)noc3C)cc2)nc2ccccc2c1=O.